The van der Waals surface area contributed by atoms with Crippen LogP contribution in [-0.4, -0.2) is 19.2 Å². The number of thiophene rings is 1. The largest absolute Gasteiger partial charge is 0.276 e. The van der Waals surface area contributed by atoms with Gasteiger partial charge in [0.2, 0.25) is 0 Å². The first-order valence-electron chi connectivity index (χ1n) is 8.82. The standard InChI is InChI=1S/C20H19N3O5S2/c1-12-4-6-15(7-5-12)17-8-9-29-19(17)20(24)21-22-30(27,28)18-11-16(23(25)26)10-13(2)14(18)3/h4-11,22H,1-3H3,(H,21,24). The number of non-ortho nitro benzene ring substituents is 1. The monoisotopic (exact) mass is 445 g/mol. The number of amides is 1. The molecule has 3 rings (SSSR count). The van der Waals surface area contributed by atoms with Crippen LogP contribution in [0.4, 0.5) is 5.69 Å². The maximum absolute atomic E-state index is 12.7. The summed E-state index contributed by atoms with van der Waals surface area (Å²) in [5.74, 6) is -0.621. The molecule has 1 amide bonds. The van der Waals surface area contributed by atoms with E-state index in [-0.39, 0.29) is 10.6 Å². The number of hydrogen-bond donors (Lipinski definition) is 2. The summed E-state index contributed by atoms with van der Waals surface area (Å²) in [6.07, 6.45) is 0. The van der Waals surface area contributed by atoms with Gasteiger partial charge in [0.05, 0.1) is 9.82 Å². The van der Waals surface area contributed by atoms with Gasteiger partial charge in [-0.05, 0) is 48.9 Å². The van der Waals surface area contributed by atoms with Gasteiger partial charge in [-0.25, -0.2) is 8.42 Å². The molecule has 0 unspecified atom stereocenters. The van der Waals surface area contributed by atoms with E-state index < -0.39 is 20.9 Å². The highest BCUT2D eigenvalue weighted by molar-refractivity contribution is 7.89. The number of sulfonamides is 1. The average molecular weight is 446 g/mol. The van der Waals surface area contributed by atoms with Gasteiger partial charge in [0.25, 0.3) is 21.6 Å². The highest BCUT2D eigenvalue weighted by Gasteiger charge is 2.24. The van der Waals surface area contributed by atoms with Crippen LogP contribution in [0.5, 0.6) is 0 Å². The van der Waals surface area contributed by atoms with Gasteiger partial charge >= 0.3 is 0 Å². The van der Waals surface area contributed by atoms with Crippen molar-refractivity contribution in [2.45, 2.75) is 25.7 Å². The lowest BCUT2D eigenvalue weighted by atomic mass is 10.1. The van der Waals surface area contributed by atoms with E-state index in [1.165, 1.54) is 17.4 Å². The fourth-order valence-corrected chi connectivity index (χ4v) is 4.85. The minimum atomic E-state index is -4.22. The van der Waals surface area contributed by atoms with E-state index in [4.69, 9.17) is 0 Å². The zero-order chi connectivity index (χ0) is 22.1. The molecule has 156 valence electrons. The molecule has 0 saturated heterocycles. The molecule has 0 saturated carbocycles. The second kappa shape index (κ2) is 8.34. The summed E-state index contributed by atoms with van der Waals surface area (Å²) >= 11 is 1.18. The number of benzene rings is 2. The number of hydrazine groups is 1. The topological polar surface area (TPSA) is 118 Å². The summed E-state index contributed by atoms with van der Waals surface area (Å²) in [6.45, 7) is 5.08. The van der Waals surface area contributed by atoms with Crippen molar-refractivity contribution in [1.82, 2.24) is 10.3 Å². The van der Waals surface area contributed by atoms with Crippen LogP contribution >= 0.6 is 11.3 Å². The molecule has 2 N–H and O–H groups in total. The van der Waals surface area contributed by atoms with Gasteiger partial charge in [0, 0.05) is 17.7 Å². The highest BCUT2D eigenvalue weighted by atomic mass is 32.2. The normalized spacial score (nSPS) is 11.3. The van der Waals surface area contributed by atoms with Gasteiger partial charge in [0.15, 0.2) is 0 Å². The SMILES string of the molecule is Cc1ccc(-c2ccsc2C(=O)NNS(=O)(=O)c2cc([N+](=O)[O-])cc(C)c2C)cc1. The molecule has 0 aliphatic carbocycles. The number of nitro groups is 1. The Bertz CT molecular complexity index is 1230. The molecule has 8 nitrogen and oxygen atoms in total. The molecular formula is C20H19N3O5S2. The summed E-state index contributed by atoms with van der Waals surface area (Å²) in [5.41, 5.74) is 5.27. The number of rotatable bonds is 6. The lowest BCUT2D eigenvalue weighted by Crippen LogP contribution is -2.41. The van der Waals surface area contributed by atoms with E-state index in [1.54, 1.807) is 25.3 Å². The van der Waals surface area contributed by atoms with Crippen LogP contribution < -0.4 is 10.3 Å². The fraction of sp³-hybridized carbons (Fsp3) is 0.150. The molecule has 0 fully saturated rings. The van der Waals surface area contributed by atoms with E-state index in [1.807, 2.05) is 36.0 Å². The maximum atomic E-state index is 12.7. The molecule has 0 atom stereocenters. The zero-order valence-electron chi connectivity index (χ0n) is 16.4. The molecule has 10 heteroatoms. The van der Waals surface area contributed by atoms with Gasteiger partial charge < -0.3 is 0 Å². The van der Waals surface area contributed by atoms with Crippen LogP contribution in [0.15, 0.2) is 52.7 Å². The molecule has 0 aliphatic rings. The molecule has 30 heavy (non-hydrogen) atoms. The molecule has 0 aliphatic heterocycles. The van der Waals surface area contributed by atoms with Crippen LogP contribution in [0.1, 0.15) is 26.4 Å². The zero-order valence-corrected chi connectivity index (χ0v) is 18.1. The number of nitrogens with zero attached hydrogens (tertiary/aromatic N) is 1. The van der Waals surface area contributed by atoms with Crippen LogP contribution in [0.3, 0.4) is 0 Å². The van der Waals surface area contributed by atoms with Crippen molar-refractivity contribution in [2.24, 2.45) is 0 Å². The van der Waals surface area contributed by atoms with Gasteiger partial charge in [-0.15, -0.1) is 16.2 Å². The summed E-state index contributed by atoms with van der Waals surface area (Å²) in [5, 5.41) is 12.8. The molecular weight excluding hydrogens is 426 g/mol. The Hall–Kier alpha value is -3.08. The molecule has 2 aromatic carbocycles. The van der Waals surface area contributed by atoms with Gasteiger partial charge in [-0.1, -0.05) is 29.8 Å². The van der Waals surface area contributed by atoms with Crippen molar-refractivity contribution >= 4 is 33.0 Å². The van der Waals surface area contributed by atoms with Crippen molar-refractivity contribution in [1.29, 1.82) is 0 Å². The van der Waals surface area contributed by atoms with Crippen molar-refractivity contribution < 1.29 is 18.1 Å². The third kappa shape index (κ3) is 4.40. The molecule has 1 aromatic heterocycles. The van der Waals surface area contributed by atoms with Crippen LogP contribution in [0.2, 0.25) is 0 Å². The highest BCUT2D eigenvalue weighted by Crippen LogP contribution is 2.29. The van der Waals surface area contributed by atoms with Crippen LogP contribution in [0, 0.1) is 30.9 Å². The fourth-order valence-electron chi connectivity index (χ4n) is 2.86. The Balaban J connectivity index is 1.84. The second-order valence-corrected chi connectivity index (χ2v) is 9.30. The Morgan fingerprint density at radius 1 is 1.07 bits per heavy atom. The summed E-state index contributed by atoms with van der Waals surface area (Å²) in [4.78, 5) is 25.2. The molecule has 1 heterocycles. The predicted octanol–water partition coefficient (Wildman–Crippen LogP) is 3.87. The summed E-state index contributed by atoms with van der Waals surface area (Å²) < 4.78 is 25.4. The average Bonchev–Trinajstić information content (AvgIpc) is 3.18. The smallest absolute Gasteiger partial charge is 0.273 e. The van der Waals surface area contributed by atoms with E-state index in [0.717, 1.165) is 17.2 Å². The Morgan fingerprint density at radius 3 is 2.37 bits per heavy atom. The lowest BCUT2D eigenvalue weighted by molar-refractivity contribution is -0.385. The first kappa shape index (κ1) is 21.6. The number of carbonyl (C=O) groups excluding carboxylic acids is 1. The van der Waals surface area contributed by atoms with Crippen LogP contribution in [0.25, 0.3) is 11.1 Å². The number of carbonyl (C=O) groups is 1. The first-order valence-corrected chi connectivity index (χ1v) is 11.2. The summed E-state index contributed by atoms with van der Waals surface area (Å²) in [7, 11) is -4.22. The Morgan fingerprint density at radius 2 is 1.73 bits per heavy atom. The maximum Gasteiger partial charge on any atom is 0.276 e. The van der Waals surface area contributed by atoms with Gasteiger partial charge in [-0.3, -0.25) is 20.3 Å². The van der Waals surface area contributed by atoms with E-state index in [2.05, 4.69) is 5.43 Å². The Labute approximate surface area is 177 Å². The van der Waals surface area contributed by atoms with Crippen molar-refractivity contribution in [3.05, 3.63) is 79.5 Å². The molecule has 0 bridgehead atoms. The van der Waals surface area contributed by atoms with E-state index >= 15 is 0 Å². The minimum absolute atomic E-state index is 0.264. The third-order valence-corrected chi connectivity index (χ3v) is 6.92. The Kier molecular flexibility index (Phi) is 6.01. The summed E-state index contributed by atoms with van der Waals surface area (Å²) in [6, 6.07) is 11.7. The second-order valence-electron chi connectivity index (χ2n) is 6.73. The molecule has 3 aromatic rings. The quantitative estimate of drug-likeness (QED) is 0.441. The lowest BCUT2D eigenvalue weighted by Gasteiger charge is -2.12. The number of aryl methyl sites for hydroxylation is 2. The number of nitrogens with one attached hydrogen (secondary N) is 2. The molecule has 0 radical (unpaired) electrons. The van der Waals surface area contributed by atoms with Gasteiger partial charge in [-0.2, -0.15) is 0 Å². The third-order valence-electron chi connectivity index (χ3n) is 4.64. The first-order chi connectivity index (χ1) is 14.1. The van der Waals surface area contributed by atoms with E-state index in [0.29, 0.717) is 21.6 Å². The number of hydrogen-bond acceptors (Lipinski definition) is 6. The van der Waals surface area contributed by atoms with Crippen LogP contribution in [-0.2, 0) is 10.0 Å². The molecule has 0 spiro atoms. The van der Waals surface area contributed by atoms with Crippen molar-refractivity contribution in [2.75, 3.05) is 0 Å². The predicted molar refractivity (Wildman–Crippen MR) is 115 cm³/mol. The van der Waals surface area contributed by atoms with Gasteiger partial charge in [0.1, 0.15) is 4.88 Å². The number of nitro benzene ring substituents is 1. The van der Waals surface area contributed by atoms with Crippen molar-refractivity contribution in [3.63, 3.8) is 0 Å². The van der Waals surface area contributed by atoms with Crippen molar-refractivity contribution in [3.8, 4) is 11.1 Å². The minimum Gasteiger partial charge on any atom is -0.273 e. The van der Waals surface area contributed by atoms with E-state index in [9.17, 15) is 23.3 Å².